The van der Waals surface area contributed by atoms with E-state index in [0.717, 1.165) is 26.2 Å². The minimum atomic E-state index is -1.93. The van der Waals surface area contributed by atoms with Crippen LogP contribution in [0.1, 0.15) is 283 Å². The summed E-state index contributed by atoms with van der Waals surface area (Å²) >= 11 is 0. The molecule has 0 bridgehead atoms. The number of aliphatic hydroxyl groups is 6. The highest BCUT2D eigenvalue weighted by molar-refractivity contribution is 5.85. The summed E-state index contributed by atoms with van der Waals surface area (Å²) in [6.07, 6.45) is -17.4. The van der Waals surface area contributed by atoms with Gasteiger partial charge in [0, 0.05) is 123 Å². The number of hydrogen-bond acceptors (Lipinski definition) is 35. The summed E-state index contributed by atoms with van der Waals surface area (Å²) in [7, 11) is 9.48. The lowest BCUT2D eigenvalue weighted by molar-refractivity contribution is -0.320. The van der Waals surface area contributed by atoms with Crippen LogP contribution < -0.4 is 5.32 Å². The van der Waals surface area contributed by atoms with E-state index in [1.165, 1.54) is 47.2 Å². The molecule has 0 aliphatic carbocycles. The molecule has 6 aliphatic rings. The number of methoxy groups -OCH3 is 4. The first-order chi connectivity index (χ1) is 62.9. The van der Waals surface area contributed by atoms with Gasteiger partial charge < -0.3 is 131 Å². The number of carbonyl (C=O) groups is 9. The fourth-order valence-electron chi connectivity index (χ4n) is 20.2. The molecular weight excluding hydrogens is 1760 g/mol. The van der Waals surface area contributed by atoms with Crippen LogP contribution in [0.5, 0.6) is 0 Å². The molecule has 0 aromatic carbocycles. The summed E-state index contributed by atoms with van der Waals surface area (Å²) in [5.41, 5.74) is -8.57. The van der Waals surface area contributed by atoms with E-state index in [4.69, 9.17) is 75.8 Å². The first-order valence-corrected chi connectivity index (χ1v) is 49.5. The molecule has 6 fully saturated rings. The molecule has 6 saturated heterocycles. The van der Waals surface area contributed by atoms with Gasteiger partial charge in [0.05, 0.1) is 103 Å². The van der Waals surface area contributed by atoms with Crippen LogP contribution in [-0.2, 0) is 124 Å². The van der Waals surface area contributed by atoms with Crippen molar-refractivity contribution in [3.8, 4) is 0 Å². The van der Waals surface area contributed by atoms with Crippen molar-refractivity contribution in [2.24, 2.45) is 47.3 Å². The fraction of sp³-hybridized carbons (Fsp3) is 0.909. The monoisotopic (exact) mass is 1940 g/mol. The largest absolute Gasteiger partial charge is 0.459 e. The molecule has 36 nitrogen and oxygen atoms in total. The van der Waals surface area contributed by atoms with E-state index < -0.39 is 234 Å². The quantitative estimate of drug-likeness (QED) is 0.0193. The summed E-state index contributed by atoms with van der Waals surface area (Å²) in [4.78, 5) is 123. The summed E-state index contributed by atoms with van der Waals surface area (Å²) in [6.45, 7) is 52.1. The molecule has 135 heavy (non-hydrogen) atoms. The SMILES string of the molecule is CCC(=O)N(C)[C@H]1C[C@@H](C)O[C@@H](O[C@@H]2[C@@H](C)[C@H](O[C@H]3C[C@@](C)(OC)C(OC(=O)CCN(CC)CC)[C@H](C)O3)[C@@H](C)C(=O)O[C@H](CC)[C@@](C)(O)[C@H](O)[C@@H](C)CC(=O)[C@H](C)C[C@@]2(C)OC)[C@@H]1O.CCC(=O)OC(=O)CC.CC[C@H]1OC(=O)[C@H](C)[C@@H](O[C@H]2C[C@@](C)(OC)C(OC(=O)CCN(CC)CC)[C@H](C)O2)[C@H](C)[C@@H](O[C@@H]2O[C@H](C)C[C@H](NC)[C@H]2O)[C@](C)(OC)C[C@@H](C)C(=O)C[C@H](C)[C@@H](O)[C@]1(C)O. The van der Waals surface area contributed by atoms with Crippen LogP contribution in [0.2, 0.25) is 0 Å². The van der Waals surface area contributed by atoms with E-state index in [1.807, 2.05) is 76.2 Å². The summed E-state index contributed by atoms with van der Waals surface area (Å²) in [5.74, 6) is -10.1. The maximum absolute atomic E-state index is 14.6. The van der Waals surface area contributed by atoms with Crippen LogP contribution in [0.25, 0.3) is 0 Å². The van der Waals surface area contributed by atoms with Crippen LogP contribution in [-0.4, -0.2) is 349 Å². The van der Waals surface area contributed by atoms with Gasteiger partial charge in [-0.3, -0.25) is 43.2 Å². The van der Waals surface area contributed by atoms with Crippen LogP contribution in [0, 0.1) is 47.3 Å². The molecule has 2 unspecified atom stereocenters. The zero-order valence-electron chi connectivity index (χ0n) is 87.8. The highest BCUT2D eigenvalue weighted by atomic mass is 16.7. The summed E-state index contributed by atoms with van der Waals surface area (Å²) < 4.78 is 106. The van der Waals surface area contributed by atoms with E-state index in [0.29, 0.717) is 25.9 Å². The lowest BCUT2D eigenvalue weighted by atomic mass is 9.76. The molecule has 36 heteroatoms. The van der Waals surface area contributed by atoms with Crippen molar-refractivity contribution in [2.75, 3.05) is 81.8 Å². The minimum absolute atomic E-state index is 0.0562. The number of ketones is 2. The van der Waals surface area contributed by atoms with Crippen molar-refractivity contribution in [1.82, 2.24) is 20.0 Å². The molecule has 1 amide bonds. The highest BCUT2D eigenvalue weighted by Crippen LogP contribution is 2.46. The smallest absolute Gasteiger partial charge is 0.313 e. The molecule has 7 N–H and O–H groups in total. The number of aliphatic hydroxyl groups excluding tert-OH is 4. The summed E-state index contributed by atoms with van der Waals surface area (Å²) in [5, 5.41) is 73.2. The number of rotatable bonds is 31. The summed E-state index contributed by atoms with van der Waals surface area (Å²) in [6, 6.07) is -1.00. The first-order valence-electron chi connectivity index (χ1n) is 49.5. The molecule has 36 atom stereocenters. The third-order valence-corrected chi connectivity index (χ3v) is 29.5. The molecule has 0 aromatic heterocycles. The third-order valence-electron chi connectivity index (χ3n) is 29.5. The number of amides is 1. The van der Waals surface area contributed by atoms with Gasteiger partial charge >= 0.3 is 35.8 Å². The predicted octanol–water partition coefficient (Wildman–Crippen LogP) is 9.07. The molecule has 786 valence electrons. The zero-order valence-corrected chi connectivity index (χ0v) is 87.8. The van der Waals surface area contributed by atoms with Gasteiger partial charge in [0.15, 0.2) is 37.4 Å². The van der Waals surface area contributed by atoms with E-state index in [-0.39, 0.29) is 119 Å². The van der Waals surface area contributed by atoms with Crippen LogP contribution in [0.3, 0.4) is 0 Å². The Morgan fingerprint density at radius 1 is 0.452 bits per heavy atom. The number of carbonyl (C=O) groups excluding carboxylic acids is 9. The van der Waals surface area contributed by atoms with Gasteiger partial charge in [-0.2, -0.15) is 0 Å². The second-order valence-electron chi connectivity index (χ2n) is 40.0. The van der Waals surface area contributed by atoms with Gasteiger partial charge in [0.25, 0.3) is 0 Å². The Kier molecular flexibility index (Phi) is 49.8. The van der Waals surface area contributed by atoms with Gasteiger partial charge in [-0.05, 0) is 167 Å². The molecule has 0 radical (unpaired) electrons. The van der Waals surface area contributed by atoms with Crippen molar-refractivity contribution >= 4 is 53.3 Å². The maximum atomic E-state index is 14.6. The van der Waals surface area contributed by atoms with Crippen LogP contribution in [0.15, 0.2) is 0 Å². The van der Waals surface area contributed by atoms with Crippen LogP contribution in [0.4, 0.5) is 0 Å². The van der Waals surface area contributed by atoms with Gasteiger partial charge in [0.1, 0.15) is 58.4 Å². The Morgan fingerprint density at radius 3 is 1.11 bits per heavy atom. The van der Waals surface area contributed by atoms with Gasteiger partial charge in [-0.25, -0.2) is 0 Å². The Bertz CT molecular complexity index is 3640. The van der Waals surface area contributed by atoms with Gasteiger partial charge in [-0.1, -0.05) is 104 Å². The Hall–Kier alpha value is -5.01. The zero-order chi connectivity index (χ0) is 103. The number of ether oxygens (including phenoxy) is 17. The number of nitrogens with zero attached hydrogens (tertiary/aromatic N) is 3. The van der Waals surface area contributed by atoms with E-state index in [9.17, 15) is 73.8 Å². The van der Waals surface area contributed by atoms with E-state index in [2.05, 4.69) is 19.9 Å². The van der Waals surface area contributed by atoms with Crippen molar-refractivity contribution in [3.05, 3.63) is 0 Å². The Labute approximate surface area is 804 Å². The second-order valence-corrected chi connectivity index (χ2v) is 40.0. The number of esters is 6. The van der Waals surface area contributed by atoms with Gasteiger partial charge in [-0.15, -0.1) is 0 Å². The highest BCUT2D eigenvalue weighted by Gasteiger charge is 2.59. The topological polar surface area (TPSA) is 454 Å². The number of nitrogens with one attached hydrogen (secondary N) is 1. The van der Waals surface area contributed by atoms with E-state index in [1.54, 1.807) is 111 Å². The second kappa shape index (κ2) is 55.0. The van der Waals surface area contributed by atoms with Crippen molar-refractivity contribution in [2.45, 2.75) is 452 Å². The van der Waals surface area contributed by atoms with Crippen LogP contribution >= 0.6 is 0 Å². The fourth-order valence-corrected chi connectivity index (χ4v) is 20.2. The number of cyclic esters (lactones) is 2. The Balaban J connectivity index is 0.000000517. The lowest BCUT2D eigenvalue weighted by Gasteiger charge is -2.50. The first kappa shape index (κ1) is 122. The average Bonchev–Trinajstić information content (AvgIpc) is 1.68. The standard InChI is InChI=1S/C48H86N2O15.C45H82N2O14.C6H10O3/c1-17-35-48(13,57)41(55)27(5)23-34(51)28(6)25-46(11,58-15)42(65-45-39(54)33(24-29(7)60-45)49(14)36(52)18-2)30(8)40(31(9)44(56)62-35)64-38-26-47(12,59-16)43(32(10)61-38)63-37(53)21-22-50(19-3)20-4;1-16-33-45(12,53)38(51)25(4)21-32(48)26(5)23-43(10,54-14)39(61-42-36(50)31(46-13)22-27(6)56-42)28(7)37(29(8)41(52)58-33)60-35-24-44(11,55-15)40(30(9)57-35)59-34(49)19-20-47(17-2)18-3;1-3-5(7)9-6(8)4-2/h27-33,35,38-43,45,54-55,57H,17-26H2,1-16H3;25-31,33,35-40,42,46,50-51,53H,16-24H2,1-15H3;3-4H2,1-2H3/t27-,28+,29+,30-,31+,32-,33-,35+,38-,39+,40-,41+,42+,43?,45-,46+,47+,48+;25-,26+,27+,28-,29+,30-,31-,33+,35-,36+,37-,38+,39+,40?,42-,43+,44+,45+;/m00./s1. The Morgan fingerprint density at radius 2 is 0.793 bits per heavy atom. The molecular formula is C99H178N4O32. The van der Waals surface area contributed by atoms with E-state index >= 15 is 0 Å². The average molecular weight is 1940 g/mol. The molecule has 0 spiro atoms. The number of hydrogen-bond donors (Lipinski definition) is 7. The van der Waals surface area contributed by atoms with Crippen molar-refractivity contribution in [3.63, 3.8) is 0 Å². The minimum Gasteiger partial charge on any atom is -0.459 e. The lowest BCUT2D eigenvalue weighted by Crippen LogP contribution is -2.61. The molecule has 6 rings (SSSR count). The molecule has 0 saturated carbocycles. The number of likely N-dealkylation sites (N-methyl/N-ethyl adjacent to an activating group) is 2. The predicted molar refractivity (Wildman–Crippen MR) is 500 cm³/mol. The maximum Gasteiger partial charge on any atom is 0.313 e. The molecule has 0 aromatic rings. The normalized spacial score (nSPS) is 40.3. The van der Waals surface area contributed by atoms with Crippen molar-refractivity contribution in [1.29, 1.82) is 0 Å². The van der Waals surface area contributed by atoms with Crippen molar-refractivity contribution < 1.29 is 154 Å². The van der Waals surface area contributed by atoms with Gasteiger partial charge in [0.2, 0.25) is 5.91 Å². The molecule has 6 heterocycles. The molecule has 6 aliphatic heterocycles. The number of Topliss-reactive ketones (excluding diaryl/α,β-unsaturated/α-hetero) is 2. The third kappa shape index (κ3) is 32.5.